The lowest BCUT2D eigenvalue weighted by Crippen LogP contribution is -2.59. The topological polar surface area (TPSA) is 6.48 Å². The summed E-state index contributed by atoms with van der Waals surface area (Å²) in [5.74, 6) is 0.259. The average Bonchev–Trinajstić information content (AvgIpc) is 1.86. The third-order valence-electron chi connectivity index (χ3n) is 22.7. The van der Waals surface area contributed by atoms with Crippen molar-refractivity contribution in [3.05, 3.63) is 195 Å². The van der Waals surface area contributed by atoms with Gasteiger partial charge in [0.15, 0.2) is 0 Å². The van der Waals surface area contributed by atoms with Crippen molar-refractivity contribution < 1.29 is 0 Å². The van der Waals surface area contributed by atoms with Crippen LogP contribution < -0.4 is 20.7 Å². The number of benzene rings is 7. The summed E-state index contributed by atoms with van der Waals surface area (Å²) in [6, 6.07) is 56.3. The van der Waals surface area contributed by atoms with Gasteiger partial charge in [-0.25, -0.2) is 0 Å². The van der Waals surface area contributed by atoms with Gasteiger partial charge in [-0.15, -0.1) is 0 Å². The smallest absolute Gasteiger partial charge is 0.243 e. The fourth-order valence-electron chi connectivity index (χ4n) is 17.8. The van der Waals surface area contributed by atoms with E-state index in [0.29, 0.717) is 0 Å². The van der Waals surface area contributed by atoms with Gasteiger partial charge in [0.1, 0.15) is 0 Å². The number of rotatable bonds is 4. The lowest BCUT2D eigenvalue weighted by atomic mass is 9.28. The number of fused-ring (bicyclic) bond motifs is 11. The number of hydrogen-bond donors (Lipinski definition) is 0. The normalized spacial score (nSPS) is 26.1. The van der Waals surface area contributed by atoms with E-state index in [1.54, 1.807) is 33.1 Å². The molecule has 7 aromatic carbocycles. The molecule has 0 spiro atoms. The second-order valence-electron chi connectivity index (χ2n) is 30.4. The molecule has 14 rings (SSSR count). The Hall–Kier alpha value is -6.06. The molecule has 0 bridgehead atoms. The van der Waals surface area contributed by atoms with E-state index in [9.17, 15) is 0 Å². The van der Waals surface area contributed by atoms with Crippen molar-refractivity contribution in [3.8, 4) is 22.3 Å². The molecule has 2 fully saturated rings. The van der Waals surface area contributed by atoms with Crippen molar-refractivity contribution in [2.75, 3.05) is 9.80 Å². The molecule has 4 aliphatic carbocycles. The first kappa shape index (κ1) is 51.1. The van der Waals surface area contributed by atoms with Crippen molar-refractivity contribution in [2.24, 2.45) is 5.41 Å². The zero-order valence-corrected chi connectivity index (χ0v) is 50.5. The molecule has 0 saturated heterocycles. The monoisotopic (exact) mass is 1040 g/mol. The Balaban J connectivity index is 1.16. The molecule has 0 amide bonds. The van der Waals surface area contributed by atoms with Crippen LogP contribution in [0.25, 0.3) is 28.0 Å². The summed E-state index contributed by atoms with van der Waals surface area (Å²) < 4.78 is 0. The Morgan fingerprint density at radius 2 is 1.06 bits per heavy atom. The molecule has 7 aliphatic rings. The van der Waals surface area contributed by atoms with Crippen LogP contribution in [0.5, 0.6) is 0 Å². The highest BCUT2D eigenvalue weighted by Gasteiger charge is 2.65. The summed E-state index contributed by atoms with van der Waals surface area (Å²) in [7, 11) is 0. The van der Waals surface area contributed by atoms with Crippen LogP contribution >= 0.6 is 0 Å². The SMILES string of the molecule is CC(C)(C)c1ccc2c(c1)C1=C(B3c4cc(C(C)(C)C)cc5c4C(c4cc(N6c7ccc(-c8ccccc8)cc7C7(C)CCCCC67C)cc(c43)N1c1ccc(C(C)(C)C)cc1-c1ccccc1)C1(C)CCCCC51C)C2(C)C. The molecule has 3 heteroatoms. The standard InChI is InChI=1S/C76H85BN2/c1-69(2,3)50-31-33-57-55(42-50)67-68(72(57,10)11)77-60-44-52(71(7,8)9)43-59-64(60)65(75(14)38-23-22-36-73(59,75)12)56-45-53(46-63(66(56)77)78(67)61-35-32-51(70(4,5)6)41-54(61)48-28-20-17-21-29-48)79-62-34-30-49(47-26-18-16-19-27-47)40-58(62)74(13)37-24-25-39-76(74,79)15/h16-21,26-35,40-46,65H,22-25,36-39H2,1-15H3. The number of hydrogen-bond acceptors (Lipinski definition) is 2. The first-order valence-corrected chi connectivity index (χ1v) is 30.6. The van der Waals surface area contributed by atoms with Crippen LogP contribution in [0.1, 0.15) is 211 Å². The first-order chi connectivity index (χ1) is 37.3. The summed E-state index contributed by atoms with van der Waals surface area (Å²) in [4.78, 5) is 5.80. The molecule has 0 N–H and O–H groups in total. The van der Waals surface area contributed by atoms with Crippen LogP contribution in [0.15, 0.2) is 145 Å². The molecule has 5 unspecified atom stereocenters. The fraction of sp³-hybridized carbons (Fsp3) is 0.421. The highest BCUT2D eigenvalue weighted by molar-refractivity contribution is 6.95. The quantitative estimate of drug-likeness (QED) is 0.162. The molecule has 5 atom stereocenters. The minimum atomic E-state index is -0.270. The lowest BCUT2D eigenvalue weighted by Gasteiger charge is -2.52. The molecule has 0 radical (unpaired) electrons. The van der Waals surface area contributed by atoms with E-state index in [-0.39, 0.29) is 56.1 Å². The van der Waals surface area contributed by atoms with Gasteiger partial charge in [-0.1, -0.05) is 231 Å². The van der Waals surface area contributed by atoms with Gasteiger partial charge in [0, 0.05) is 50.6 Å². The zero-order chi connectivity index (χ0) is 55.4. The Labute approximate surface area is 475 Å². The Kier molecular flexibility index (Phi) is 10.7. The third kappa shape index (κ3) is 6.83. The van der Waals surface area contributed by atoms with E-state index in [0.717, 1.165) is 6.42 Å². The highest BCUT2D eigenvalue weighted by Crippen LogP contribution is 2.70. The largest absolute Gasteiger partial charge is 0.334 e. The Bertz CT molecular complexity index is 3740. The van der Waals surface area contributed by atoms with E-state index < -0.39 is 0 Å². The molecular formula is C76H85BN2. The third-order valence-corrected chi connectivity index (χ3v) is 22.7. The molecule has 402 valence electrons. The van der Waals surface area contributed by atoms with Crippen molar-refractivity contribution in [3.63, 3.8) is 0 Å². The second kappa shape index (κ2) is 16.5. The minimum Gasteiger partial charge on any atom is -0.334 e. The number of anilines is 4. The van der Waals surface area contributed by atoms with E-state index in [1.807, 2.05) is 0 Å². The maximum atomic E-state index is 2.92. The van der Waals surface area contributed by atoms with Gasteiger partial charge in [-0.3, -0.25) is 0 Å². The Morgan fingerprint density at radius 3 is 1.73 bits per heavy atom. The molecule has 7 aromatic rings. The van der Waals surface area contributed by atoms with Crippen LogP contribution in [0.2, 0.25) is 0 Å². The van der Waals surface area contributed by atoms with E-state index in [4.69, 9.17) is 0 Å². The molecule has 0 aromatic heterocycles. The van der Waals surface area contributed by atoms with Gasteiger partial charge in [0.25, 0.3) is 0 Å². The van der Waals surface area contributed by atoms with Crippen LogP contribution in [-0.4, -0.2) is 12.3 Å². The van der Waals surface area contributed by atoms with Crippen LogP contribution in [0.4, 0.5) is 22.7 Å². The van der Waals surface area contributed by atoms with Gasteiger partial charge in [-0.05, 0) is 169 Å². The minimum absolute atomic E-state index is 0.0172. The summed E-state index contributed by atoms with van der Waals surface area (Å²) >= 11 is 0. The average molecular weight is 1040 g/mol. The van der Waals surface area contributed by atoms with Crippen LogP contribution in [0, 0.1) is 5.41 Å². The summed E-state index contributed by atoms with van der Waals surface area (Å²) in [5.41, 5.74) is 29.7. The van der Waals surface area contributed by atoms with Gasteiger partial charge in [0.05, 0.1) is 11.2 Å². The van der Waals surface area contributed by atoms with E-state index >= 15 is 0 Å². The van der Waals surface area contributed by atoms with Crippen molar-refractivity contribution in [2.45, 2.75) is 199 Å². The predicted molar refractivity (Wildman–Crippen MR) is 338 cm³/mol. The molecule has 2 nitrogen and oxygen atoms in total. The van der Waals surface area contributed by atoms with Crippen LogP contribution in [0.3, 0.4) is 0 Å². The van der Waals surface area contributed by atoms with Crippen LogP contribution in [-0.2, 0) is 32.5 Å². The van der Waals surface area contributed by atoms with Crippen molar-refractivity contribution in [1.82, 2.24) is 0 Å². The molecular weight excluding hydrogens is 952 g/mol. The molecule has 3 aliphatic heterocycles. The zero-order valence-electron chi connectivity index (χ0n) is 50.5. The predicted octanol–water partition coefficient (Wildman–Crippen LogP) is 19.0. The Morgan fingerprint density at radius 1 is 0.468 bits per heavy atom. The molecule has 2 saturated carbocycles. The first-order valence-electron chi connectivity index (χ1n) is 30.6. The van der Waals surface area contributed by atoms with Gasteiger partial charge >= 0.3 is 0 Å². The summed E-state index contributed by atoms with van der Waals surface area (Å²) in [5, 5.41) is 0. The maximum Gasteiger partial charge on any atom is 0.243 e. The summed E-state index contributed by atoms with van der Waals surface area (Å²) in [6.07, 6.45) is 9.86. The highest BCUT2D eigenvalue weighted by atomic mass is 15.3. The van der Waals surface area contributed by atoms with Gasteiger partial charge in [-0.2, -0.15) is 0 Å². The van der Waals surface area contributed by atoms with Gasteiger partial charge in [0.2, 0.25) is 6.71 Å². The molecule has 3 heterocycles. The van der Waals surface area contributed by atoms with Gasteiger partial charge < -0.3 is 9.80 Å². The molecule has 79 heavy (non-hydrogen) atoms. The van der Waals surface area contributed by atoms with E-state index in [1.165, 1.54) is 129 Å². The lowest BCUT2D eigenvalue weighted by molar-refractivity contribution is 0.0925. The van der Waals surface area contributed by atoms with Crippen molar-refractivity contribution in [1.29, 1.82) is 0 Å². The maximum absolute atomic E-state index is 2.92. The fourth-order valence-corrected chi connectivity index (χ4v) is 17.8. The second-order valence-corrected chi connectivity index (χ2v) is 30.4. The van der Waals surface area contributed by atoms with Crippen molar-refractivity contribution >= 4 is 46.1 Å². The number of nitrogens with zero attached hydrogens (tertiary/aromatic N) is 2. The summed E-state index contributed by atoms with van der Waals surface area (Å²) in [6.45, 7) is 37.7. The number of allylic oxidation sites excluding steroid dienone is 1. The van der Waals surface area contributed by atoms with E-state index in [2.05, 4.69) is 253 Å².